The summed E-state index contributed by atoms with van der Waals surface area (Å²) in [5.41, 5.74) is 10.2. The highest BCUT2D eigenvalue weighted by Crippen LogP contribution is 2.33. The smallest absolute Gasteiger partial charge is 0.435 e. The Balaban J connectivity index is 1.75. The number of hydrogen-bond acceptors (Lipinski definition) is 5. The largest absolute Gasteiger partial charge is 0.478 e. The van der Waals surface area contributed by atoms with Crippen LogP contribution in [0.2, 0.25) is 0 Å². The first kappa shape index (κ1) is 33.9. The molecule has 0 atom stereocenters. The normalized spacial score (nSPS) is 11.1. The van der Waals surface area contributed by atoms with Crippen LogP contribution in [0.3, 0.4) is 0 Å². The van der Waals surface area contributed by atoms with Crippen molar-refractivity contribution in [2.45, 2.75) is 20.8 Å². The molecule has 0 aliphatic carbocycles. The molecule has 10 heteroatoms. The van der Waals surface area contributed by atoms with Gasteiger partial charge in [0.2, 0.25) is 0 Å². The molecule has 4 aromatic rings. The molecule has 0 aliphatic heterocycles. The zero-order chi connectivity index (χ0) is 34.1. The quantitative estimate of drug-likeness (QED) is 0.104. The zero-order valence-corrected chi connectivity index (χ0v) is 26.4. The van der Waals surface area contributed by atoms with E-state index < -0.39 is 18.0 Å². The molecule has 47 heavy (non-hydrogen) atoms. The maximum Gasteiger partial charge on any atom is 0.435 e. The van der Waals surface area contributed by atoms with Crippen molar-refractivity contribution < 1.29 is 29.0 Å². The van der Waals surface area contributed by atoms with Crippen molar-refractivity contribution in [1.29, 1.82) is 0 Å². The molecule has 0 saturated carbocycles. The summed E-state index contributed by atoms with van der Waals surface area (Å²) in [6, 6.07) is 23.6. The first-order valence-electron chi connectivity index (χ1n) is 15.0. The van der Waals surface area contributed by atoms with Crippen LogP contribution in [0, 0.1) is 5.92 Å². The van der Waals surface area contributed by atoms with Crippen LogP contribution in [0.15, 0.2) is 96.5 Å². The number of rotatable bonds is 11. The lowest BCUT2D eigenvalue weighted by Gasteiger charge is -2.16. The second kappa shape index (κ2) is 15.3. The average molecular weight is 633 g/mol. The van der Waals surface area contributed by atoms with Crippen LogP contribution in [0.25, 0.3) is 28.3 Å². The third-order valence-corrected chi connectivity index (χ3v) is 7.14. The Morgan fingerprint density at radius 3 is 2.09 bits per heavy atom. The van der Waals surface area contributed by atoms with Crippen LogP contribution in [0.4, 0.5) is 10.5 Å². The molecule has 0 fully saturated rings. The fourth-order valence-corrected chi connectivity index (χ4v) is 4.70. The van der Waals surface area contributed by atoms with Gasteiger partial charge >= 0.3 is 12.1 Å². The molecule has 3 amide bonds. The Kier molecular flexibility index (Phi) is 11.0. The molecule has 4 aromatic carbocycles. The number of nitrogens with one attached hydrogen (secondary N) is 2. The summed E-state index contributed by atoms with van der Waals surface area (Å²) >= 11 is 0. The minimum absolute atomic E-state index is 0.0404. The summed E-state index contributed by atoms with van der Waals surface area (Å²) in [5.74, 6) is -1.95. The van der Waals surface area contributed by atoms with E-state index in [0.717, 1.165) is 16.7 Å². The second-order valence-corrected chi connectivity index (χ2v) is 11.0. The summed E-state index contributed by atoms with van der Waals surface area (Å²) in [4.78, 5) is 54.4. The number of ether oxygens (including phenoxy) is 1. The topological polar surface area (TPSA) is 160 Å². The van der Waals surface area contributed by atoms with Crippen molar-refractivity contribution in [2.75, 3.05) is 18.5 Å². The van der Waals surface area contributed by atoms with Crippen molar-refractivity contribution in [1.82, 2.24) is 5.32 Å². The lowest BCUT2D eigenvalue weighted by Crippen LogP contribution is -2.27. The maximum absolute atomic E-state index is 13.9. The number of carboxylic acid groups (broad SMARTS) is 1. The molecule has 0 saturated heterocycles. The van der Waals surface area contributed by atoms with Crippen molar-refractivity contribution >= 4 is 41.5 Å². The van der Waals surface area contributed by atoms with Gasteiger partial charge in [0.25, 0.3) is 11.8 Å². The Morgan fingerprint density at radius 1 is 0.851 bits per heavy atom. The van der Waals surface area contributed by atoms with Gasteiger partial charge in [0.15, 0.2) is 0 Å². The van der Waals surface area contributed by atoms with E-state index in [9.17, 15) is 24.3 Å². The van der Waals surface area contributed by atoms with E-state index >= 15 is 0 Å². The number of anilines is 1. The van der Waals surface area contributed by atoms with Gasteiger partial charge in [0.1, 0.15) is 5.84 Å². The number of aliphatic imine (C=N–C) groups is 1. The van der Waals surface area contributed by atoms with Gasteiger partial charge in [0, 0.05) is 28.9 Å². The summed E-state index contributed by atoms with van der Waals surface area (Å²) in [5, 5.41) is 15.8. The van der Waals surface area contributed by atoms with Crippen molar-refractivity contribution in [3.05, 3.63) is 119 Å². The summed E-state index contributed by atoms with van der Waals surface area (Å²) in [6.07, 6.45) is 0.923. The third-order valence-electron chi connectivity index (χ3n) is 7.14. The number of benzene rings is 4. The number of carboxylic acids is 1. The van der Waals surface area contributed by atoms with E-state index in [1.165, 1.54) is 6.07 Å². The van der Waals surface area contributed by atoms with E-state index in [1.807, 2.05) is 44.2 Å². The van der Waals surface area contributed by atoms with Crippen LogP contribution in [0.1, 0.15) is 63.0 Å². The van der Waals surface area contributed by atoms with E-state index in [-0.39, 0.29) is 46.5 Å². The average Bonchev–Trinajstić information content (AvgIpc) is 3.07. The van der Waals surface area contributed by atoms with Crippen LogP contribution >= 0.6 is 0 Å². The molecule has 0 heterocycles. The molecule has 0 aliphatic rings. The summed E-state index contributed by atoms with van der Waals surface area (Å²) < 4.78 is 4.80. The molecule has 0 aromatic heterocycles. The first-order chi connectivity index (χ1) is 22.5. The SMILES string of the molecule is C=Cc1ccc(-c2ccc(-c3ccc(C(=O)NCC(C)C)cc3C(=O)O)c(C(=O)Nc3ccc(/C(N)=N\C(=O)OCC)cc3)c2)cc1. The van der Waals surface area contributed by atoms with Gasteiger partial charge in [-0.3, -0.25) is 9.59 Å². The van der Waals surface area contributed by atoms with Gasteiger partial charge in [-0.25, -0.2) is 9.59 Å². The van der Waals surface area contributed by atoms with Crippen LogP contribution in [-0.4, -0.2) is 48.0 Å². The molecule has 240 valence electrons. The molecule has 10 nitrogen and oxygen atoms in total. The fraction of sp³-hybridized carbons (Fsp3) is 0.162. The molecule has 0 spiro atoms. The Labute approximate surface area is 273 Å². The van der Waals surface area contributed by atoms with Gasteiger partial charge < -0.3 is 26.2 Å². The number of amidine groups is 1. The number of nitrogens with zero attached hydrogens (tertiary/aromatic N) is 1. The molecule has 4 rings (SSSR count). The van der Waals surface area contributed by atoms with E-state index in [1.54, 1.807) is 61.5 Å². The van der Waals surface area contributed by atoms with Crippen LogP contribution in [-0.2, 0) is 4.74 Å². The van der Waals surface area contributed by atoms with Gasteiger partial charge in [-0.15, -0.1) is 0 Å². The molecule has 0 bridgehead atoms. The number of amides is 3. The molecule has 5 N–H and O–H groups in total. The monoisotopic (exact) mass is 632 g/mol. The fourth-order valence-electron chi connectivity index (χ4n) is 4.70. The van der Waals surface area contributed by atoms with E-state index in [4.69, 9.17) is 10.5 Å². The lowest BCUT2D eigenvalue weighted by molar-refractivity contribution is 0.0697. The molecule has 0 radical (unpaired) electrons. The second-order valence-electron chi connectivity index (χ2n) is 11.0. The minimum Gasteiger partial charge on any atom is -0.478 e. The van der Waals surface area contributed by atoms with Gasteiger partial charge in [-0.1, -0.05) is 69.0 Å². The number of aromatic carboxylic acids is 1. The first-order valence-corrected chi connectivity index (χ1v) is 15.0. The number of carbonyl (C=O) groups is 4. The van der Waals surface area contributed by atoms with Crippen LogP contribution < -0.4 is 16.4 Å². The van der Waals surface area contributed by atoms with E-state index in [0.29, 0.717) is 23.4 Å². The van der Waals surface area contributed by atoms with Gasteiger partial charge in [0.05, 0.1) is 12.2 Å². The van der Waals surface area contributed by atoms with Crippen molar-refractivity contribution in [3.8, 4) is 22.3 Å². The zero-order valence-electron chi connectivity index (χ0n) is 26.4. The van der Waals surface area contributed by atoms with Crippen molar-refractivity contribution in [3.63, 3.8) is 0 Å². The maximum atomic E-state index is 13.9. The number of carbonyl (C=O) groups excluding carboxylic acids is 3. The highest BCUT2D eigenvalue weighted by atomic mass is 16.5. The Morgan fingerprint density at radius 2 is 1.47 bits per heavy atom. The Bertz CT molecular complexity index is 1840. The Hall–Kier alpha value is -6.03. The molecular weight excluding hydrogens is 596 g/mol. The lowest BCUT2D eigenvalue weighted by atomic mass is 9.90. The standard InChI is InChI=1S/C37H36N4O6/c1-5-23-7-9-24(10-8-23)26-13-17-29(30-18-14-27(20-32(30)36(44)45)34(42)39-21-22(3)4)31(19-26)35(43)40-28-15-11-25(12-16-28)33(38)41-37(46)47-6-2/h5,7-20,22H,1,6,21H2,2-4H3,(H,39,42)(H,40,43)(H,44,45)(H2,38,41,46). The van der Waals surface area contributed by atoms with Gasteiger partial charge in [-0.05, 0) is 83.1 Å². The van der Waals surface area contributed by atoms with E-state index in [2.05, 4.69) is 22.2 Å². The molecule has 0 unspecified atom stereocenters. The predicted octanol–water partition coefficient (Wildman–Crippen LogP) is 6.86. The highest BCUT2D eigenvalue weighted by molar-refractivity contribution is 6.12. The van der Waals surface area contributed by atoms with Crippen LogP contribution in [0.5, 0.6) is 0 Å². The summed E-state index contributed by atoms with van der Waals surface area (Å²) in [7, 11) is 0. The minimum atomic E-state index is -1.24. The number of hydrogen-bond donors (Lipinski definition) is 4. The predicted molar refractivity (Wildman–Crippen MR) is 184 cm³/mol. The summed E-state index contributed by atoms with van der Waals surface area (Å²) in [6.45, 7) is 9.96. The van der Waals surface area contributed by atoms with Gasteiger partial charge in [-0.2, -0.15) is 4.99 Å². The van der Waals surface area contributed by atoms with Crippen molar-refractivity contribution in [2.24, 2.45) is 16.6 Å². The number of nitrogens with two attached hydrogens (primary N) is 1. The third kappa shape index (κ3) is 8.58. The molecular formula is C37H36N4O6. The highest BCUT2D eigenvalue weighted by Gasteiger charge is 2.21.